The predicted molar refractivity (Wildman–Crippen MR) is 35.4 cm³/mol. The fourth-order valence-electron chi connectivity index (χ4n) is 0.630. The van der Waals surface area contributed by atoms with Gasteiger partial charge in [0.05, 0.1) is 19.8 Å². The molecule has 1 fully saturated rings. The van der Waals surface area contributed by atoms with Gasteiger partial charge in [-0.3, -0.25) is 0 Å². The summed E-state index contributed by atoms with van der Waals surface area (Å²) in [5.74, 6) is -0.949. The Morgan fingerprint density at radius 1 is 1.50 bits per heavy atom. The smallest absolute Gasteiger partial charge is 0.335 e. The largest absolute Gasteiger partial charge is 0.479 e. The lowest BCUT2D eigenvalue weighted by Crippen LogP contribution is -2.35. The number of aliphatic carboxylic acids is 1. The second-order valence-electron chi connectivity index (χ2n) is 1.77. The Hall–Kier alpha value is -0.320. The maximum absolute atomic E-state index is 10.1. The number of carboxylic acid groups (broad SMARTS) is 1. The standard InChI is InChI=1S/C5H8O4.ClH/c6-5(7)4-3-8-1-2-9-4;/h4H,1-3H2,(H,6,7);1H. The number of rotatable bonds is 1. The van der Waals surface area contributed by atoms with Gasteiger partial charge < -0.3 is 14.6 Å². The number of carbonyl (C=O) groups is 1. The van der Waals surface area contributed by atoms with E-state index in [1.807, 2.05) is 0 Å². The van der Waals surface area contributed by atoms with E-state index < -0.39 is 12.1 Å². The van der Waals surface area contributed by atoms with Crippen LogP contribution in [-0.2, 0) is 14.3 Å². The van der Waals surface area contributed by atoms with E-state index in [4.69, 9.17) is 14.6 Å². The zero-order chi connectivity index (χ0) is 6.69. The molecule has 0 aromatic rings. The van der Waals surface area contributed by atoms with E-state index in [1.165, 1.54) is 0 Å². The third kappa shape index (κ3) is 2.51. The maximum atomic E-state index is 10.1. The molecule has 0 aliphatic carbocycles. The second kappa shape index (κ2) is 4.49. The zero-order valence-corrected chi connectivity index (χ0v) is 6.10. The minimum atomic E-state index is -0.949. The van der Waals surface area contributed by atoms with Crippen molar-refractivity contribution in [3.63, 3.8) is 0 Å². The molecule has 1 N–H and O–H groups in total. The van der Waals surface area contributed by atoms with E-state index in [-0.39, 0.29) is 19.0 Å². The van der Waals surface area contributed by atoms with Gasteiger partial charge in [-0.25, -0.2) is 4.79 Å². The number of hydrogen-bond acceptors (Lipinski definition) is 3. The summed E-state index contributed by atoms with van der Waals surface area (Å²) in [5, 5.41) is 8.33. The van der Waals surface area contributed by atoms with Crippen molar-refractivity contribution in [2.24, 2.45) is 0 Å². The molecule has 1 aliphatic rings. The SMILES string of the molecule is Cl.O=C(O)C1COCCO1. The Labute approximate surface area is 64.5 Å². The molecule has 1 unspecified atom stereocenters. The van der Waals surface area contributed by atoms with Gasteiger partial charge >= 0.3 is 5.97 Å². The molecule has 0 amide bonds. The molecule has 1 heterocycles. The van der Waals surface area contributed by atoms with Gasteiger partial charge in [-0.2, -0.15) is 0 Å². The van der Waals surface area contributed by atoms with Crippen LogP contribution in [0.1, 0.15) is 0 Å². The van der Waals surface area contributed by atoms with Gasteiger partial charge in [0, 0.05) is 0 Å². The van der Waals surface area contributed by atoms with Gasteiger partial charge in [-0.1, -0.05) is 0 Å². The minimum Gasteiger partial charge on any atom is -0.479 e. The van der Waals surface area contributed by atoms with Crippen LogP contribution < -0.4 is 0 Å². The molecule has 60 valence electrons. The second-order valence-corrected chi connectivity index (χ2v) is 1.77. The summed E-state index contributed by atoms with van der Waals surface area (Å²) in [6.07, 6.45) is -0.751. The Morgan fingerprint density at radius 3 is 2.50 bits per heavy atom. The highest BCUT2D eigenvalue weighted by molar-refractivity contribution is 5.85. The van der Waals surface area contributed by atoms with Gasteiger partial charge in [0.2, 0.25) is 0 Å². The third-order valence-electron chi connectivity index (χ3n) is 1.09. The van der Waals surface area contributed by atoms with E-state index >= 15 is 0 Å². The van der Waals surface area contributed by atoms with E-state index in [9.17, 15) is 4.79 Å². The summed E-state index contributed by atoms with van der Waals surface area (Å²) >= 11 is 0. The molecular formula is C5H9ClO4. The molecule has 0 bridgehead atoms. The molecule has 0 saturated carbocycles. The molecule has 0 aromatic carbocycles. The van der Waals surface area contributed by atoms with Gasteiger partial charge in [-0.05, 0) is 0 Å². The fourth-order valence-corrected chi connectivity index (χ4v) is 0.630. The molecule has 0 spiro atoms. The molecule has 10 heavy (non-hydrogen) atoms. The quantitative estimate of drug-likeness (QED) is 0.595. The van der Waals surface area contributed by atoms with Crippen LogP contribution in [0.2, 0.25) is 0 Å². The number of ether oxygens (including phenoxy) is 2. The lowest BCUT2D eigenvalue weighted by atomic mass is 10.4. The molecule has 1 atom stereocenters. The van der Waals surface area contributed by atoms with Crippen LogP contribution in [0.25, 0.3) is 0 Å². The normalized spacial score (nSPS) is 25.0. The van der Waals surface area contributed by atoms with E-state index in [1.54, 1.807) is 0 Å². The topological polar surface area (TPSA) is 55.8 Å². The zero-order valence-electron chi connectivity index (χ0n) is 5.28. The highest BCUT2D eigenvalue weighted by Gasteiger charge is 2.20. The number of hydrogen-bond donors (Lipinski definition) is 1. The monoisotopic (exact) mass is 168 g/mol. The van der Waals surface area contributed by atoms with Crippen LogP contribution in [0, 0.1) is 0 Å². The summed E-state index contributed by atoms with van der Waals surface area (Å²) in [6.45, 7) is 1.07. The predicted octanol–water partition coefficient (Wildman–Crippen LogP) is -0.0918. The van der Waals surface area contributed by atoms with Crippen LogP contribution >= 0.6 is 12.4 Å². The number of halogens is 1. The van der Waals surface area contributed by atoms with Crippen LogP contribution in [0.5, 0.6) is 0 Å². The van der Waals surface area contributed by atoms with Crippen LogP contribution in [0.15, 0.2) is 0 Å². The van der Waals surface area contributed by atoms with Crippen molar-refractivity contribution in [3.8, 4) is 0 Å². The van der Waals surface area contributed by atoms with Gasteiger partial charge in [0.1, 0.15) is 0 Å². The van der Waals surface area contributed by atoms with Crippen LogP contribution in [0.4, 0.5) is 0 Å². The van der Waals surface area contributed by atoms with Crippen molar-refractivity contribution in [1.82, 2.24) is 0 Å². The first-order valence-electron chi connectivity index (χ1n) is 2.73. The van der Waals surface area contributed by atoms with Gasteiger partial charge in [0.15, 0.2) is 6.10 Å². The van der Waals surface area contributed by atoms with Crippen molar-refractivity contribution in [1.29, 1.82) is 0 Å². The molecular weight excluding hydrogens is 160 g/mol. The van der Waals surface area contributed by atoms with Gasteiger partial charge in [0.25, 0.3) is 0 Å². The highest BCUT2D eigenvalue weighted by Crippen LogP contribution is 1.99. The van der Waals surface area contributed by atoms with Crippen LogP contribution in [-0.4, -0.2) is 37.0 Å². The minimum absolute atomic E-state index is 0. The fraction of sp³-hybridized carbons (Fsp3) is 0.800. The lowest BCUT2D eigenvalue weighted by Gasteiger charge is -2.18. The maximum Gasteiger partial charge on any atom is 0.335 e. The van der Waals surface area contributed by atoms with Crippen molar-refractivity contribution in [2.45, 2.75) is 6.10 Å². The molecule has 0 aromatic heterocycles. The molecule has 1 aliphatic heterocycles. The summed E-state index contributed by atoms with van der Waals surface area (Å²) < 4.78 is 9.65. The van der Waals surface area contributed by atoms with Crippen LogP contribution in [0.3, 0.4) is 0 Å². The summed E-state index contributed by atoms with van der Waals surface area (Å²) in [6, 6.07) is 0. The Balaban J connectivity index is 0.000000810. The van der Waals surface area contributed by atoms with Crippen molar-refractivity contribution >= 4 is 18.4 Å². The van der Waals surface area contributed by atoms with Crippen molar-refractivity contribution < 1.29 is 19.4 Å². The van der Waals surface area contributed by atoms with E-state index in [2.05, 4.69) is 0 Å². The van der Waals surface area contributed by atoms with E-state index in [0.29, 0.717) is 13.2 Å². The first-order chi connectivity index (χ1) is 4.30. The summed E-state index contributed by atoms with van der Waals surface area (Å²) in [7, 11) is 0. The highest BCUT2D eigenvalue weighted by atomic mass is 35.5. The number of carboxylic acids is 1. The molecule has 1 saturated heterocycles. The average Bonchev–Trinajstić information content (AvgIpc) is 1.90. The Morgan fingerprint density at radius 2 is 2.20 bits per heavy atom. The molecule has 1 rings (SSSR count). The molecule has 5 heteroatoms. The van der Waals surface area contributed by atoms with Crippen molar-refractivity contribution in [2.75, 3.05) is 19.8 Å². The summed E-state index contributed by atoms with van der Waals surface area (Å²) in [4.78, 5) is 10.1. The third-order valence-corrected chi connectivity index (χ3v) is 1.09. The average molecular weight is 169 g/mol. The Bertz CT molecular complexity index is 110. The van der Waals surface area contributed by atoms with Crippen molar-refractivity contribution in [3.05, 3.63) is 0 Å². The molecule has 4 nitrogen and oxygen atoms in total. The first-order valence-corrected chi connectivity index (χ1v) is 2.73. The molecule has 0 radical (unpaired) electrons. The van der Waals surface area contributed by atoms with Gasteiger partial charge in [-0.15, -0.1) is 12.4 Å². The Kier molecular flexibility index (Phi) is 4.34. The summed E-state index contributed by atoms with van der Waals surface area (Å²) in [5.41, 5.74) is 0. The first kappa shape index (κ1) is 9.68. The van der Waals surface area contributed by atoms with E-state index in [0.717, 1.165) is 0 Å². The lowest BCUT2D eigenvalue weighted by molar-refractivity contribution is -0.164.